The number of ether oxygens (including phenoxy) is 3. The van der Waals surface area contributed by atoms with E-state index in [1.807, 2.05) is 0 Å². The van der Waals surface area contributed by atoms with E-state index < -0.39 is 4.92 Å². The lowest BCUT2D eigenvalue weighted by Gasteiger charge is -2.11. The SMILES string of the molecule is COc1cc(OC)c(C=C[N+](=O)[O-])c(OC)c1. The molecule has 17 heavy (non-hydrogen) atoms. The van der Waals surface area contributed by atoms with Crippen molar-refractivity contribution in [1.82, 2.24) is 0 Å². The van der Waals surface area contributed by atoms with E-state index >= 15 is 0 Å². The molecule has 0 fully saturated rings. The molecule has 0 saturated heterocycles. The molecule has 92 valence electrons. The maximum absolute atomic E-state index is 10.3. The van der Waals surface area contributed by atoms with Gasteiger partial charge < -0.3 is 14.2 Å². The highest BCUT2D eigenvalue weighted by Gasteiger charge is 2.11. The fourth-order valence-corrected chi connectivity index (χ4v) is 1.33. The van der Waals surface area contributed by atoms with Crippen LogP contribution in [0.1, 0.15) is 5.56 Å². The van der Waals surface area contributed by atoms with Crippen LogP contribution in [-0.4, -0.2) is 26.3 Å². The Morgan fingerprint density at radius 2 is 1.65 bits per heavy atom. The van der Waals surface area contributed by atoms with E-state index in [-0.39, 0.29) is 0 Å². The van der Waals surface area contributed by atoms with E-state index in [1.54, 1.807) is 12.1 Å². The maximum atomic E-state index is 10.3. The first-order chi connectivity index (χ1) is 8.12. The van der Waals surface area contributed by atoms with E-state index in [9.17, 15) is 10.1 Å². The molecular weight excluding hydrogens is 226 g/mol. The molecule has 6 nitrogen and oxygen atoms in total. The Morgan fingerprint density at radius 1 is 1.12 bits per heavy atom. The summed E-state index contributed by atoms with van der Waals surface area (Å²) < 4.78 is 15.3. The number of hydrogen-bond donors (Lipinski definition) is 0. The zero-order chi connectivity index (χ0) is 12.8. The van der Waals surface area contributed by atoms with E-state index in [0.717, 1.165) is 6.20 Å². The highest BCUT2D eigenvalue weighted by Crippen LogP contribution is 2.34. The van der Waals surface area contributed by atoms with Crippen LogP contribution in [0.25, 0.3) is 6.08 Å². The van der Waals surface area contributed by atoms with Gasteiger partial charge >= 0.3 is 0 Å². The highest BCUT2D eigenvalue weighted by molar-refractivity contribution is 5.66. The van der Waals surface area contributed by atoms with Crippen molar-refractivity contribution in [2.45, 2.75) is 0 Å². The minimum Gasteiger partial charge on any atom is -0.496 e. The maximum Gasteiger partial charge on any atom is 0.235 e. The van der Waals surface area contributed by atoms with Crippen molar-refractivity contribution < 1.29 is 19.1 Å². The molecule has 1 aromatic carbocycles. The van der Waals surface area contributed by atoms with Crippen LogP contribution in [0.2, 0.25) is 0 Å². The number of methoxy groups -OCH3 is 3. The van der Waals surface area contributed by atoms with Crippen molar-refractivity contribution in [3.05, 3.63) is 34.0 Å². The van der Waals surface area contributed by atoms with Crippen LogP contribution >= 0.6 is 0 Å². The molecule has 0 heterocycles. The summed E-state index contributed by atoms with van der Waals surface area (Å²) in [4.78, 5) is 9.75. The van der Waals surface area contributed by atoms with Crippen LogP contribution in [0.15, 0.2) is 18.3 Å². The monoisotopic (exact) mass is 239 g/mol. The van der Waals surface area contributed by atoms with Crippen molar-refractivity contribution in [3.8, 4) is 17.2 Å². The van der Waals surface area contributed by atoms with Crippen molar-refractivity contribution in [2.24, 2.45) is 0 Å². The number of rotatable bonds is 5. The summed E-state index contributed by atoms with van der Waals surface area (Å²) in [6, 6.07) is 3.25. The Hall–Kier alpha value is -2.24. The van der Waals surface area contributed by atoms with Crippen molar-refractivity contribution in [1.29, 1.82) is 0 Å². The van der Waals surface area contributed by atoms with Gasteiger partial charge in [-0.25, -0.2) is 0 Å². The second-order valence-corrected chi connectivity index (χ2v) is 3.05. The molecule has 1 aromatic rings. The third kappa shape index (κ3) is 3.10. The summed E-state index contributed by atoms with van der Waals surface area (Å²) in [6.45, 7) is 0. The van der Waals surface area contributed by atoms with Crippen LogP contribution in [0.5, 0.6) is 17.2 Å². The molecule has 0 bridgehead atoms. The lowest BCUT2D eigenvalue weighted by Crippen LogP contribution is -1.95. The summed E-state index contributed by atoms with van der Waals surface area (Å²) in [7, 11) is 4.45. The molecule has 0 radical (unpaired) electrons. The predicted octanol–water partition coefficient (Wildman–Crippen LogP) is 1.96. The molecule has 0 aliphatic carbocycles. The summed E-state index contributed by atoms with van der Waals surface area (Å²) in [5.74, 6) is 1.44. The Labute approximate surface area is 98.6 Å². The van der Waals surface area contributed by atoms with E-state index in [0.29, 0.717) is 22.8 Å². The minimum atomic E-state index is -0.552. The molecule has 0 aliphatic heterocycles. The third-order valence-electron chi connectivity index (χ3n) is 2.12. The lowest BCUT2D eigenvalue weighted by atomic mass is 10.1. The van der Waals surface area contributed by atoms with Crippen LogP contribution in [0.3, 0.4) is 0 Å². The predicted molar refractivity (Wildman–Crippen MR) is 62.1 cm³/mol. The van der Waals surface area contributed by atoms with Gasteiger partial charge in [0.05, 0.1) is 31.8 Å². The first-order valence-electron chi connectivity index (χ1n) is 4.74. The van der Waals surface area contributed by atoms with Gasteiger partial charge in [-0.1, -0.05) is 0 Å². The second-order valence-electron chi connectivity index (χ2n) is 3.05. The van der Waals surface area contributed by atoms with Gasteiger partial charge in [0.15, 0.2) is 0 Å². The van der Waals surface area contributed by atoms with Gasteiger partial charge in [-0.15, -0.1) is 0 Å². The lowest BCUT2D eigenvalue weighted by molar-refractivity contribution is -0.400. The molecule has 6 heteroatoms. The molecule has 0 atom stereocenters. The Morgan fingerprint density at radius 3 is 2.00 bits per heavy atom. The largest absolute Gasteiger partial charge is 0.496 e. The van der Waals surface area contributed by atoms with Crippen LogP contribution < -0.4 is 14.2 Å². The van der Waals surface area contributed by atoms with Gasteiger partial charge in [0, 0.05) is 18.2 Å². The second kappa shape index (κ2) is 5.74. The van der Waals surface area contributed by atoms with Gasteiger partial charge in [0.1, 0.15) is 17.2 Å². The molecule has 1 rings (SSSR count). The standard InChI is InChI=1S/C11H13NO5/c1-15-8-6-10(16-2)9(4-5-12(13)14)11(7-8)17-3/h4-7H,1-3H3. The van der Waals surface area contributed by atoms with Gasteiger partial charge in [-0.05, 0) is 0 Å². The van der Waals surface area contributed by atoms with Gasteiger partial charge in [0.2, 0.25) is 6.20 Å². The van der Waals surface area contributed by atoms with E-state index in [4.69, 9.17) is 14.2 Å². The molecule has 0 unspecified atom stereocenters. The Bertz CT molecular complexity index is 416. The summed E-state index contributed by atoms with van der Waals surface area (Å²) >= 11 is 0. The molecule has 0 N–H and O–H groups in total. The number of nitrogens with zero attached hydrogens (tertiary/aromatic N) is 1. The molecule has 0 spiro atoms. The topological polar surface area (TPSA) is 70.8 Å². The first-order valence-corrected chi connectivity index (χ1v) is 4.74. The van der Waals surface area contributed by atoms with Crippen molar-refractivity contribution in [3.63, 3.8) is 0 Å². The Kier molecular flexibility index (Phi) is 4.33. The van der Waals surface area contributed by atoms with Gasteiger partial charge in [-0.3, -0.25) is 10.1 Å². The van der Waals surface area contributed by atoms with Crippen molar-refractivity contribution in [2.75, 3.05) is 21.3 Å². The number of hydrogen-bond acceptors (Lipinski definition) is 5. The summed E-state index contributed by atoms with van der Waals surface area (Å²) in [6.07, 6.45) is 2.14. The fourth-order valence-electron chi connectivity index (χ4n) is 1.33. The minimum absolute atomic E-state index is 0.444. The summed E-state index contributed by atoms with van der Waals surface area (Å²) in [5, 5.41) is 10.3. The van der Waals surface area contributed by atoms with Crippen LogP contribution in [0.4, 0.5) is 0 Å². The van der Waals surface area contributed by atoms with E-state index in [2.05, 4.69) is 0 Å². The molecule has 0 saturated carbocycles. The van der Waals surface area contributed by atoms with Gasteiger partial charge in [-0.2, -0.15) is 0 Å². The average molecular weight is 239 g/mol. The molecule has 0 amide bonds. The molecular formula is C11H13NO5. The van der Waals surface area contributed by atoms with Crippen LogP contribution in [-0.2, 0) is 0 Å². The first kappa shape index (κ1) is 12.8. The third-order valence-corrected chi connectivity index (χ3v) is 2.12. The number of benzene rings is 1. The fraction of sp³-hybridized carbons (Fsp3) is 0.273. The Balaban J connectivity index is 3.29. The van der Waals surface area contributed by atoms with E-state index in [1.165, 1.54) is 27.4 Å². The smallest absolute Gasteiger partial charge is 0.235 e. The van der Waals surface area contributed by atoms with Crippen LogP contribution in [0, 0.1) is 10.1 Å². The normalized spacial score (nSPS) is 10.3. The molecule has 0 aromatic heterocycles. The zero-order valence-corrected chi connectivity index (χ0v) is 9.80. The number of nitro groups is 1. The zero-order valence-electron chi connectivity index (χ0n) is 9.80. The summed E-state index contributed by atoms with van der Waals surface area (Å²) in [5.41, 5.74) is 0.493. The van der Waals surface area contributed by atoms with Crippen molar-refractivity contribution >= 4 is 6.08 Å². The van der Waals surface area contributed by atoms with Gasteiger partial charge in [0.25, 0.3) is 0 Å². The quantitative estimate of drug-likeness (QED) is 0.580. The average Bonchev–Trinajstić information content (AvgIpc) is 2.34. The highest BCUT2D eigenvalue weighted by atomic mass is 16.6. The molecule has 0 aliphatic rings.